The number of nitrogens with one attached hydrogen (secondary N) is 1. The van der Waals surface area contributed by atoms with Crippen molar-refractivity contribution in [2.45, 2.75) is 19.9 Å². The van der Waals surface area contributed by atoms with E-state index in [4.69, 9.17) is 5.11 Å². The Morgan fingerprint density at radius 1 is 1.83 bits per heavy atom. The van der Waals surface area contributed by atoms with Gasteiger partial charge in [-0.05, 0) is 13.8 Å². The Morgan fingerprint density at radius 2 is 2.50 bits per heavy atom. The highest BCUT2D eigenvalue weighted by atomic mass is 32.1. The fourth-order valence-electron chi connectivity index (χ4n) is 0.668. The number of hydrogen-bond donors (Lipinski definition) is 2. The Bertz CT molecular complexity index is 285. The molecule has 0 spiro atoms. The van der Waals surface area contributed by atoms with Crippen molar-refractivity contribution >= 4 is 22.4 Å². The molecule has 1 aromatic rings. The topological polar surface area (TPSA) is 62.2 Å². The maximum Gasteiger partial charge on any atom is 0.325 e. The number of carboxylic acids is 1. The number of aryl methyl sites for hydroxylation is 1. The van der Waals surface area contributed by atoms with Gasteiger partial charge in [0.05, 0.1) is 0 Å². The van der Waals surface area contributed by atoms with E-state index in [0.29, 0.717) is 5.13 Å². The van der Waals surface area contributed by atoms with Crippen LogP contribution >= 0.6 is 11.3 Å². The molecule has 4 nitrogen and oxygen atoms in total. The van der Waals surface area contributed by atoms with Crippen LogP contribution in [0, 0.1) is 6.92 Å². The monoisotopic (exact) mass is 186 g/mol. The molecular formula is C7H10N2O2S. The lowest BCUT2D eigenvalue weighted by atomic mass is 10.4. The lowest BCUT2D eigenvalue weighted by molar-refractivity contribution is -0.137. The van der Waals surface area contributed by atoms with E-state index >= 15 is 0 Å². The number of rotatable bonds is 3. The minimum atomic E-state index is -0.872. The molecule has 2 N–H and O–H groups in total. The Labute approximate surface area is 74.3 Å². The molecule has 1 unspecified atom stereocenters. The molecule has 0 amide bonds. The average molecular weight is 186 g/mol. The molecule has 0 radical (unpaired) electrons. The molecule has 66 valence electrons. The van der Waals surface area contributed by atoms with E-state index in [0.717, 1.165) is 4.88 Å². The van der Waals surface area contributed by atoms with Crippen molar-refractivity contribution < 1.29 is 9.90 Å². The summed E-state index contributed by atoms with van der Waals surface area (Å²) < 4.78 is 0. The van der Waals surface area contributed by atoms with Gasteiger partial charge in [0.15, 0.2) is 5.13 Å². The number of aliphatic carboxylic acids is 1. The zero-order chi connectivity index (χ0) is 9.14. The summed E-state index contributed by atoms with van der Waals surface area (Å²) in [5.41, 5.74) is 0. The van der Waals surface area contributed by atoms with E-state index in [9.17, 15) is 4.79 Å². The lowest BCUT2D eigenvalue weighted by Gasteiger charge is -2.05. The molecule has 12 heavy (non-hydrogen) atoms. The molecule has 0 fully saturated rings. The van der Waals surface area contributed by atoms with Gasteiger partial charge in [0.2, 0.25) is 0 Å². The van der Waals surface area contributed by atoms with Crippen molar-refractivity contribution in [3.8, 4) is 0 Å². The minimum Gasteiger partial charge on any atom is -0.480 e. The first-order valence-corrected chi connectivity index (χ1v) is 4.33. The summed E-state index contributed by atoms with van der Waals surface area (Å²) in [5.74, 6) is -0.872. The summed E-state index contributed by atoms with van der Waals surface area (Å²) in [6, 6.07) is -0.587. The van der Waals surface area contributed by atoms with Crippen molar-refractivity contribution in [2.75, 3.05) is 5.32 Å². The third-order valence-electron chi connectivity index (χ3n) is 1.33. The van der Waals surface area contributed by atoms with Crippen molar-refractivity contribution in [2.24, 2.45) is 0 Å². The number of aromatic nitrogens is 1. The first-order chi connectivity index (χ1) is 5.59. The van der Waals surface area contributed by atoms with E-state index in [-0.39, 0.29) is 0 Å². The number of anilines is 1. The van der Waals surface area contributed by atoms with Crippen molar-refractivity contribution in [3.63, 3.8) is 0 Å². The molecule has 0 aliphatic carbocycles. The third kappa shape index (κ3) is 2.20. The van der Waals surface area contributed by atoms with Crippen LogP contribution in [0.2, 0.25) is 0 Å². The van der Waals surface area contributed by atoms with Gasteiger partial charge in [0.25, 0.3) is 0 Å². The Balaban J connectivity index is 2.58. The highest BCUT2D eigenvalue weighted by Gasteiger charge is 2.11. The second kappa shape index (κ2) is 3.53. The summed E-state index contributed by atoms with van der Waals surface area (Å²) in [5, 5.41) is 12.0. The van der Waals surface area contributed by atoms with Crippen LogP contribution in [0.3, 0.4) is 0 Å². The van der Waals surface area contributed by atoms with Gasteiger partial charge in [-0.15, -0.1) is 11.3 Å². The number of carbonyl (C=O) groups is 1. The van der Waals surface area contributed by atoms with Crippen LogP contribution < -0.4 is 5.32 Å². The van der Waals surface area contributed by atoms with E-state index in [1.165, 1.54) is 11.3 Å². The summed E-state index contributed by atoms with van der Waals surface area (Å²) >= 11 is 1.45. The Kier molecular flexibility index (Phi) is 2.65. The van der Waals surface area contributed by atoms with Gasteiger partial charge in [-0.2, -0.15) is 0 Å². The third-order valence-corrected chi connectivity index (χ3v) is 2.18. The van der Waals surface area contributed by atoms with Gasteiger partial charge < -0.3 is 10.4 Å². The van der Waals surface area contributed by atoms with Gasteiger partial charge >= 0.3 is 5.97 Å². The summed E-state index contributed by atoms with van der Waals surface area (Å²) in [6.07, 6.45) is 1.71. The lowest BCUT2D eigenvalue weighted by Crippen LogP contribution is -2.25. The second-order valence-electron chi connectivity index (χ2n) is 2.48. The fourth-order valence-corrected chi connectivity index (χ4v) is 1.42. The molecule has 0 saturated carbocycles. The SMILES string of the molecule is Cc1cnc(NC(C)C(=O)O)s1. The maximum absolute atomic E-state index is 10.4. The van der Waals surface area contributed by atoms with Crippen LogP contribution in [0.5, 0.6) is 0 Å². The largest absolute Gasteiger partial charge is 0.480 e. The second-order valence-corrected chi connectivity index (χ2v) is 3.72. The zero-order valence-electron chi connectivity index (χ0n) is 6.87. The Morgan fingerprint density at radius 3 is 2.92 bits per heavy atom. The van der Waals surface area contributed by atoms with Crippen LogP contribution in [0.15, 0.2) is 6.20 Å². The predicted octanol–water partition coefficient (Wildman–Crippen LogP) is 1.34. The van der Waals surface area contributed by atoms with Crippen molar-refractivity contribution in [1.29, 1.82) is 0 Å². The van der Waals surface area contributed by atoms with Gasteiger partial charge in [0, 0.05) is 11.1 Å². The van der Waals surface area contributed by atoms with Crippen LogP contribution in [0.25, 0.3) is 0 Å². The van der Waals surface area contributed by atoms with Crippen LogP contribution in [0.1, 0.15) is 11.8 Å². The van der Waals surface area contributed by atoms with Crippen molar-refractivity contribution in [1.82, 2.24) is 4.98 Å². The first kappa shape index (κ1) is 8.99. The van der Waals surface area contributed by atoms with Crippen LogP contribution in [-0.2, 0) is 4.79 Å². The quantitative estimate of drug-likeness (QED) is 0.747. The van der Waals surface area contributed by atoms with Gasteiger partial charge in [0.1, 0.15) is 6.04 Å². The van der Waals surface area contributed by atoms with Gasteiger partial charge in [-0.1, -0.05) is 0 Å². The molecule has 1 atom stereocenters. The standard InChI is InChI=1S/C7H10N2O2S/c1-4-3-8-7(12-4)9-5(2)6(10)11/h3,5H,1-2H3,(H,8,9)(H,10,11). The van der Waals surface area contributed by atoms with Gasteiger partial charge in [-0.3, -0.25) is 4.79 Å². The van der Waals surface area contributed by atoms with E-state index in [1.807, 2.05) is 6.92 Å². The van der Waals surface area contributed by atoms with Gasteiger partial charge in [-0.25, -0.2) is 4.98 Å². The molecule has 0 saturated heterocycles. The Hall–Kier alpha value is -1.10. The van der Waals surface area contributed by atoms with E-state index in [1.54, 1.807) is 13.1 Å². The first-order valence-electron chi connectivity index (χ1n) is 3.51. The molecule has 0 bridgehead atoms. The van der Waals surface area contributed by atoms with E-state index in [2.05, 4.69) is 10.3 Å². The molecule has 0 aliphatic rings. The number of thiazole rings is 1. The summed E-state index contributed by atoms with van der Waals surface area (Å²) in [4.78, 5) is 15.5. The molecule has 1 heterocycles. The number of hydrogen-bond acceptors (Lipinski definition) is 4. The zero-order valence-corrected chi connectivity index (χ0v) is 7.68. The minimum absolute atomic E-state index is 0.587. The van der Waals surface area contributed by atoms with Crippen LogP contribution in [0.4, 0.5) is 5.13 Å². The smallest absolute Gasteiger partial charge is 0.325 e. The molecule has 1 rings (SSSR count). The normalized spacial score (nSPS) is 12.5. The average Bonchev–Trinajstić information content (AvgIpc) is 2.35. The summed E-state index contributed by atoms with van der Waals surface area (Å²) in [7, 11) is 0. The number of carboxylic acid groups (broad SMARTS) is 1. The molecule has 0 aromatic carbocycles. The number of nitrogens with zero attached hydrogens (tertiary/aromatic N) is 1. The summed E-state index contributed by atoms with van der Waals surface area (Å²) in [6.45, 7) is 3.51. The highest BCUT2D eigenvalue weighted by molar-refractivity contribution is 7.15. The molecular weight excluding hydrogens is 176 g/mol. The van der Waals surface area contributed by atoms with E-state index < -0.39 is 12.0 Å². The fraction of sp³-hybridized carbons (Fsp3) is 0.429. The van der Waals surface area contributed by atoms with Crippen molar-refractivity contribution in [3.05, 3.63) is 11.1 Å². The maximum atomic E-state index is 10.4. The molecule has 5 heteroatoms. The highest BCUT2D eigenvalue weighted by Crippen LogP contribution is 2.17. The van der Waals surface area contributed by atoms with Crippen LogP contribution in [-0.4, -0.2) is 22.1 Å². The molecule has 1 aromatic heterocycles. The molecule has 0 aliphatic heterocycles. The predicted molar refractivity (Wildman–Crippen MR) is 47.6 cm³/mol.